The van der Waals surface area contributed by atoms with Crippen LogP contribution in [-0.2, 0) is 6.42 Å². The van der Waals surface area contributed by atoms with E-state index in [-0.39, 0.29) is 0 Å². The Labute approximate surface area is 218 Å². The zero-order chi connectivity index (χ0) is 24.8. The van der Waals surface area contributed by atoms with E-state index < -0.39 is 0 Å². The molecule has 38 heavy (non-hydrogen) atoms. The second kappa shape index (κ2) is 7.33. The number of hydrogen-bond donors (Lipinski definition) is 0. The van der Waals surface area contributed by atoms with E-state index >= 15 is 0 Å². The van der Waals surface area contributed by atoms with Crippen LogP contribution in [0.5, 0.6) is 0 Å². The van der Waals surface area contributed by atoms with E-state index in [9.17, 15) is 0 Å². The van der Waals surface area contributed by atoms with Crippen molar-refractivity contribution in [2.45, 2.75) is 12.8 Å². The van der Waals surface area contributed by atoms with Crippen molar-refractivity contribution < 1.29 is 0 Å². The van der Waals surface area contributed by atoms with Gasteiger partial charge >= 0.3 is 0 Å². The van der Waals surface area contributed by atoms with Gasteiger partial charge in [-0.3, -0.25) is 4.40 Å². The van der Waals surface area contributed by atoms with Gasteiger partial charge in [-0.2, -0.15) is 0 Å². The first kappa shape index (κ1) is 20.2. The molecular formula is C35H23N3. The monoisotopic (exact) mass is 485 g/mol. The van der Waals surface area contributed by atoms with Gasteiger partial charge in [0.05, 0.1) is 22.1 Å². The minimum Gasteiger partial charge on any atom is -0.312 e. The zero-order valence-corrected chi connectivity index (χ0v) is 20.7. The number of allylic oxidation sites excluding steroid dienone is 1. The molecule has 8 aromatic rings. The predicted octanol–water partition coefficient (Wildman–Crippen LogP) is 8.85. The lowest BCUT2D eigenvalue weighted by Gasteiger charge is -2.23. The highest BCUT2D eigenvalue weighted by Crippen LogP contribution is 2.41. The van der Waals surface area contributed by atoms with Crippen LogP contribution in [0.4, 0.5) is 0 Å². The summed E-state index contributed by atoms with van der Waals surface area (Å²) in [6, 6.07) is 39.4. The molecule has 0 radical (unpaired) electrons. The van der Waals surface area contributed by atoms with Gasteiger partial charge in [0.15, 0.2) is 0 Å². The Morgan fingerprint density at radius 2 is 1.26 bits per heavy atom. The summed E-state index contributed by atoms with van der Waals surface area (Å²) in [6.07, 6.45) is 4.37. The van der Waals surface area contributed by atoms with Crippen molar-refractivity contribution in [2.24, 2.45) is 0 Å². The first-order valence-electron chi connectivity index (χ1n) is 13.3. The Hall–Kier alpha value is -4.89. The predicted molar refractivity (Wildman–Crippen MR) is 160 cm³/mol. The van der Waals surface area contributed by atoms with Crippen LogP contribution in [0.15, 0.2) is 109 Å². The van der Waals surface area contributed by atoms with Gasteiger partial charge in [-0.15, -0.1) is 0 Å². The molecule has 0 N–H and O–H groups in total. The minimum atomic E-state index is 0.960. The number of para-hydroxylation sites is 3. The molecular weight excluding hydrogens is 462 g/mol. The third kappa shape index (κ3) is 2.55. The van der Waals surface area contributed by atoms with Crippen LogP contribution in [0, 0.1) is 0 Å². The Morgan fingerprint density at radius 1 is 0.553 bits per heavy atom. The fraction of sp³-hybridized carbons (Fsp3) is 0.0571. The molecule has 3 aromatic heterocycles. The Kier molecular flexibility index (Phi) is 3.90. The first-order valence-corrected chi connectivity index (χ1v) is 13.3. The van der Waals surface area contributed by atoms with Crippen molar-refractivity contribution >= 4 is 71.8 Å². The van der Waals surface area contributed by atoms with Crippen molar-refractivity contribution in [3.05, 3.63) is 120 Å². The summed E-state index contributed by atoms with van der Waals surface area (Å²) < 4.78 is 4.93. The van der Waals surface area contributed by atoms with E-state index in [1.807, 2.05) is 0 Å². The number of pyridine rings is 1. The SMILES string of the molecule is C1=C(n2c3ccccc3c3ccc4ccccc4c32)CCc2c1c1ccccc1c1nc3ccccc3n21. The molecule has 0 spiro atoms. The van der Waals surface area contributed by atoms with E-state index in [4.69, 9.17) is 4.98 Å². The molecule has 0 unspecified atom stereocenters. The summed E-state index contributed by atoms with van der Waals surface area (Å²) >= 11 is 0. The van der Waals surface area contributed by atoms with Gasteiger partial charge in [0.1, 0.15) is 5.65 Å². The molecule has 0 bridgehead atoms. The van der Waals surface area contributed by atoms with E-state index in [2.05, 4.69) is 124 Å². The van der Waals surface area contributed by atoms with Crippen LogP contribution in [-0.4, -0.2) is 14.0 Å². The maximum atomic E-state index is 5.07. The number of nitrogens with zero attached hydrogens (tertiary/aromatic N) is 3. The summed E-state index contributed by atoms with van der Waals surface area (Å²) in [6.45, 7) is 0. The molecule has 9 rings (SSSR count). The molecule has 0 saturated heterocycles. The summed E-state index contributed by atoms with van der Waals surface area (Å²) in [5.41, 5.74) is 9.86. The molecule has 0 aliphatic heterocycles. The zero-order valence-electron chi connectivity index (χ0n) is 20.7. The average Bonchev–Trinajstić information content (AvgIpc) is 3.54. The molecule has 0 fully saturated rings. The Bertz CT molecular complexity index is 2290. The van der Waals surface area contributed by atoms with Gasteiger partial charge < -0.3 is 4.57 Å². The fourth-order valence-electron chi connectivity index (χ4n) is 6.77. The normalized spacial score (nSPS) is 13.7. The lowest BCUT2D eigenvalue weighted by molar-refractivity contribution is 0.893. The topological polar surface area (TPSA) is 22.2 Å². The smallest absolute Gasteiger partial charge is 0.146 e. The highest BCUT2D eigenvalue weighted by atomic mass is 15.0. The molecule has 5 aromatic carbocycles. The van der Waals surface area contributed by atoms with Crippen molar-refractivity contribution in [3.8, 4) is 0 Å². The number of rotatable bonds is 1. The van der Waals surface area contributed by atoms with Crippen molar-refractivity contribution in [3.63, 3.8) is 0 Å². The lowest BCUT2D eigenvalue weighted by atomic mass is 9.94. The van der Waals surface area contributed by atoms with Gasteiger partial charge in [-0.05, 0) is 47.9 Å². The van der Waals surface area contributed by atoms with Crippen LogP contribution < -0.4 is 0 Å². The summed E-state index contributed by atoms with van der Waals surface area (Å²) in [5, 5.41) is 7.67. The molecule has 1 aliphatic carbocycles. The largest absolute Gasteiger partial charge is 0.312 e. The second-order valence-electron chi connectivity index (χ2n) is 10.3. The van der Waals surface area contributed by atoms with Crippen LogP contribution in [0.1, 0.15) is 17.7 Å². The average molecular weight is 486 g/mol. The van der Waals surface area contributed by atoms with Crippen molar-refractivity contribution in [1.29, 1.82) is 0 Å². The molecule has 178 valence electrons. The summed E-state index contributed by atoms with van der Waals surface area (Å²) in [5.74, 6) is 0. The molecule has 0 saturated carbocycles. The number of fused-ring (bicyclic) bond motifs is 13. The van der Waals surface area contributed by atoms with Gasteiger partial charge in [0.2, 0.25) is 0 Å². The molecule has 3 heteroatoms. The standard InChI is InChI=1S/C35H23N3/c1-2-10-24-22(9-1)17-19-27-26-12-5-7-15-31(26)37(34(24)27)23-18-20-32-29(21-23)25-11-3-4-13-28(25)35-36-30-14-6-8-16-33(30)38(32)35/h1-17,19,21H,18,20H2. The maximum Gasteiger partial charge on any atom is 0.146 e. The number of aryl methyl sites for hydroxylation is 1. The molecule has 0 amide bonds. The quantitative estimate of drug-likeness (QED) is 0.228. The van der Waals surface area contributed by atoms with Crippen LogP contribution in [0.2, 0.25) is 0 Å². The van der Waals surface area contributed by atoms with Gasteiger partial charge in [0, 0.05) is 38.5 Å². The van der Waals surface area contributed by atoms with E-state index in [1.165, 1.54) is 65.8 Å². The van der Waals surface area contributed by atoms with E-state index in [0.717, 1.165) is 24.0 Å². The third-order valence-corrected chi connectivity index (χ3v) is 8.38. The highest BCUT2D eigenvalue weighted by Gasteiger charge is 2.23. The molecule has 3 heterocycles. The van der Waals surface area contributed by atoms with Crippen molar-refractivity contribution in [2.75, 3.05) is 0 Å². The van der Waals surface area contributed by atoms with Crippen molar-refractivity contribution in [1.82, 2.24) is 14.0 Å². The lowest BCUT2D eigenvalue weighted by Crippen LogP contribution is -2.10. The Morgan fingerprint density at radius 3 is 2.16 bits per heavy atom. The van der Waals surface area contributed by atoms with Crippen LogP contribution in [0.3, 0.4) is 0 Å². The molecule has 1 aliphatic rings. The first-order chi connectivity index (χ1) is 18.9. The molecule has 0 atom stereocenters. The third-order valence-electron chi connectivity index (χ3n) is 8.38. The number of aromatic nitrogens is 3. The van der Waals surface area contributed by atoms with E-state index in [1.54, 1.807) is 0 Å². The number of hydrogen-bond acceptors (Lipinski definition) is 1. The minimum absolute atomic E-state index is 0.960. The number of imidazole rings is 1. The van der Waals surface area contributed by atoms with Gasteiger partial charge in [-0.1, -0.05) is 91.0 Å². The van der Waals surface area contributed by atoms with Crippen LogP contribution in [0.25, 0.3) is 71.8 Å². The number of benzene rings is 5. The second-order valence-corrected chi connectivity index (χ2v) is 10.3. The highest BCUT2D eigenvalue weighted by molar-refractivity contribution is 6.19. The maximum absolute atomic E-state index is 5.07. The van der Waals surface area contributed by atoms with Gasteiger partial charge in [-0.25, -0.2) is 4.98 Å². The molecule has 3 nitrogen and oxygen atoms in total. The summed E-state index contributed by atoms with van der Waals surface area (Å²) in [7, 11) is 0. The Balaban J connectivity index is 1.44. The van der Waals surface area contributed by atoms with E-state index in [0.29, 0.717) is 0 Å². The fourth-order valence-corrected chi connectivity index (χ4v) is 6.77. The van der Waals surface area contributed by atoms with Crippen LogP contribution >= 0.6 is 0 Å². The summed E-state index contributed by atoms with van der Waals surface area (Å²) in [4.78, 5) is 5.07. The van der Waals surface area contributed by atoms with Gasteiger partial charge in [0.25, 0.3) is 0 Å².